The van der Waals surface area contributed by atoms with E-state index < -0.39 is 5.82 Å². The first-order chi connectivity index (χ1) is 15.5. The van der Waals surface area contributed by atoms with Crippen molar-refractivity contribution in [2.75, 3.05) is 6.61 Å². The van der Waals surface area contributed by atoms with Gasteiger partial charge in [-0.3, -0.25) is 4.79 Å². The van der Waals surface area contributed by atoms with Gasteiger partial charge in [-0.1, -0.05) is 35.3 Å². The van der Waals surface area contributed by atoms with Crippen molar-refractivity contribution < 1.29 is 18.3 Å². The Hall–Kier alpha value is -2.64. The summed E-state index contributed by atoms with van der Waals surface area (Å²) in [4.78, 5) is 12.2. The van der Waals surface area contributed by atoms with Gasteiger partial charge >= 0.3 is 0 Å². The molecule has 1 heterocycles. The summed E-state index contributed by atoms with van der Waals surface area (Å²) < 4.78 is 24.7. The molecule has 1 N–H and O–H groups in total. The van der Waals surface area contributed by atoms with Crippen molar-refractivity contribution in [2.45, 2.75) is 44.1 Å². The Labute approximate surface area is 195 Å². The van der Waals surface area contributed by atoms with E-state index in [1.54, 1.807) is 0 Å². The van der Waals surface area contributed by atoms with Gasteiger partial charge in [0.1, 0.15) is 11.6 Å². The minimum absolute atomic E-state index is 0.0110. The van der Waals surface area contributed by atoms with Crippen LogP contribution in [0.3, 0.4) is 0 Å². The molecule has 3 aromatic rings. The molecule has 0 aliphatic heterocycles. The zero-order valence-electron chi connectivity index (χ0n) is 17.2. The van der Waals surface area contributed by atoms with Crippen molar-refractivity contribution in [2.24, 2.45) is 0 Å². The number of aromatic nitrogens is 2. The highest BCUT2D eigenvalue weighted by Gasteiger charge is 2.27. The molecular weight excluding hydrogens is 456 g/mol. The molecule has 1 amide bonds. The average molecular weight is 478 g/mol. The third kappa shape index (κ3) is 5.99. The average Bonchev–Trinajstić information content (AvgIpc) is 3.25. The molecule has 1 fully saturated rings. The zero-order chi connectivity index (χ0) is 22.5. The lowest BCUT2D eigenvalue weighted by atomic mass is 9.86. The lowest BCUT2D eigenvalue weighted by molar-refractivity contribution is -0.124. The van der Waals surface area contributed by atoms with Gasteiger partial charge in [-0.2, -0.15) is 0 Å². The topological polar surface area (TPSA) is 77.2 Å². The van der Waals surface area contributed by atoms with Crippen molar-refractivity contribution in [1.29, 1.82) is 0 Å². The fourth-order valence-corrected chi connectivity index (χ4v) is 3.99. The summed E-state index contributed by atoms with van der Waals surface area (Å²) in [5.74, 6) is 0.840. The quantitative estimate of drug-likeness (QED) is 0.497. The molecule has 0 atom stereocenters. The first-order valence-corrected chi connectivity index (χ1v) is 11.2. The Bertz CT molecular complexity index is 1070. The van der Waals surface area contributed by atoms with Crippen molar-refractivity contribution in [1.82, 2.24) is 15.5 Å². The summed E-state index contributed by atoms with van der Waals surface area (Å²) in [7, 11) is 0. The van der Waals surface area contributed by atoms with Gasteiger partial charge in [-0.05, 0) is 55.5 Å². The van der Waals surface area contributed by atoms with Crippen LogP contribution in [0, 0.1) is 5.82 Å². The number of nitrogens with one attached hydrogen (secondary N) is 1. The van der Waals surface area contributed by atoms with Crippen molar-refractivity contribution in [3.63, 3.8) is 0 Å². The van der Waals surface area contributed by atoms with Crippen molar-refractivity contribution in [3.8, 4) is 5.75 Å². The van der Waals surface area contributed by atoms with Crippen LogP contribution in [0.2, 0.25) is 10.0 Å². The number of amides is 1. The largest absolute Gasteiger partial charge is 0.484 e. The SMILES string of the molecule is O=C(COc1ccc(Cl)c(F)c1)NC1CCC(c2nnc(Cc3ccc(Cl)cc3)o2)CC1. The minimum atomic E-state index is -0.583. The number of hydrogen-bond donors (Lipinski definition) is 1. The normalized spacial score (nSPS) is 18.3. The van der Waals surface area contributed by atoms with E-state index in [0.717, 1.165) is 37.3 Å². The Morgan fingerprint density at radius 1 is 1.09 bits per heavy atom. The van der Waals surface area contributed by atoms with E-state index in [1.807, 2.05) is 24.3 Å². The zero-order valence-corrected chi connectivity index (χ0v) is 18.7. The standard InChI is InChI=1S/C23H22Cl2FN3O3/c24-16-5-1-14(2-6-16)11-22-28-29-23(32-22)15-3-7-17(8-4-15)27-21(30)13-31-18-9-10-19(25)20(26)12-18/h1-2,5-6,9-10,12,15,17H,3-4,7-8,11,13H2,(H,27,30). The third-order valence-electron chi connectivity index (χ3n) is 5.45. The molecule has 0 spiro atoms. The molecule has 1 aliphatic carbocycles. The van der Waals surface area contributed by atoms with E-state index in [-0.39, 0.29) is 35.2 Å². The maximum atomic E-state index is 13.4. The van der Waals surface area contributed by atoms with Gasteiger partial charge in [0.25, 0.3) is 5.91 Å². The van der Waals surface area contributed by atoms with E-state index in [0.29, 0.717) is 23.2 Å². The second-order valence-electron chi connectivity index (χ2n) is 7.82. The van der Waals surface area contributed by atoms with Crippen LogP contribution in [-0.2, 0) is 11.2 Å². The molecule has 1 aliphatic rings. The highest BCUT2D eigenvalue weighted by molar-refractivity contribution is 6.30. The first kappa shape index (κ1) is 22.6. The number of rotatable bonds is 7. The fourth-order valence-electron chi connectivity index (χ4n) is 3.75. The molecule has 2 aromatic carbocycles. The molecule has 0 bridgehead atoms. The number of halogens is 3. The number of carbonyl (C=O) groups excluding carboxylic acids is 1. The van der Waals surface area contributed by atoms with Crippen LogP contribution in [0.1, 0.15) is 48.9 Å². The Morgan fingerprint density at radius 3 is 2.56 bits per heavy atom. The lowest BCUT2D eigenvalue weighted by Crippen LogP contribution is -2.39. The molecule has 1 saturated carbocycles. The van der Waals surface area contributed by atoms with Crippen molar-refractivity contribution >= 4 is 29.1 Å². The highest BCUT2D eigenvalue weighted by atomic mass is 35.5. The number of nitrogens with zero attached hydrogens (tertiary/aromatic N) is 2. The lowest BCUT2D eigenvalue weighted by Gasteiger charge is -2.27. The summed E-state index contributed by atoms with van der Waals surface area (Å²) in [5, 5.41) is 12.1. The number of carbonyl (C=O) groups is 1. The predicted octanol–water partition coefficient (Wildman–Crippen LogP) is 5.33. The highest BCUT2D eigenvalue weighted by Crippen LogP contribution is 2.32. The van der Waals surface area contributed by atoms with Gasteiger partial charge < -0.3 is 14.5 Å². The van der Waals surface area contributed by atoms with Gasteiger partial charge in [-0.25, -0.2) is 4.39 Å². The Morgan fingerprint density at radius 2 is 1.84 bits per heavy atom. The van der Waals surface area contributed by atoms with E-state index in [4.69, 9.17) is 32.4 Å². The van der Waals surface area contributed by atoms with Gasteiger partial charge in [0.05, 0.1) is 11.4 Å². The van der Waals surface area contributed by atoms with Crippen LogP contribution in [0.4, 0.5) is 4.39 Å². The molecule has 32 heavy (non-hydrogen) atoms. The number of ether oxygens (including phenoxy) is 1. The van der Waals surface area contributed by atoms with Crippen LogP contribution < -0.4 is 10.1 Å². The molecule has 6 nitrogen and oxygen atoms in total. The Kier molecular flexibility index (Phi) is 7.27. The second kappa shape index (κ2) is 10.3. The number of benzene rings is 2. The van der Waals surface area contributed by atoms with Gasteiger partial charge in [0.15, 0.2) is 6.61 Å². The molecule has 168 valence electrons. The first-order valence-electron chi connectivity index (χ1n) is 10.4. The van der Waals surface area contributed by atoms with Gasteiger partial charge in [0.2, 0.25) is 11.8 Å². The van der Waals surface area contributed by atoms with E-state index >= 15 is 0 Å². The molecular formula is C23H22Cl2FN3O3. The van der Waals surface area contributed by atoms with E-state index in [9.17, 15) is 9.18 Å². The monoisotopic (exact) mass is 477 g/mol. The maximum absolute atomic E-state index is 13.4. The predicted molar refractivity (Wildman–Crippen MR) is 119 cm³/mol. The summed E-state index contributed by atoms with van der Waals surface area (Å²) >= 11 is 11.6. The van der Waals surface area contributed by atoms with Gasteiger partial charge in [-0.15, -0.1) is 10.2 Å². The number of hydrogen-bond acceptors (Lipinski definition) is 5. The summed E-state index contributed by atoms with van der Waals surface area (Å²) in [6.45, 7) is -0.182. The molecule has 1 aromatic heterocycles. The Balaban J connectivity index is 1.21. The van der Waals surface area contributed by atoms with E-state index in [1.165, 1.54) is 12.1 Å². The van der Waals surface area contributed by atoms with Crippen LogP contribution in [0.15, 0.2) is 46.9 Å². The van der Waals surface area contributed by atoms with Crippen LogP contribution in [0.25, 0.3) is 0 Å². The van der Waals surface area contributed by atoms with Crippen LogP contribution in [-0.4, -0.2) is 28.8 Å². The molecule has 0 radical (unpaired) electrons. The smallest absolute Gasteiger partial charge is 0.258 e. The molecule has 4 rings (SSSR count). The van der Waals surface area contributed by atoms with Crippen molar-refractivity contribution in [3.05, 3.63) is 75.7 Å². The molecule has 0 saturated heterocycles. The summed E-state index contributed by atoms with van der Waals surface area (Å²) in [6, 6.07) is 11.7. The van der Waals surface area contributed by atoms with Crippen LogP contribution >= 0.6 is 23.2 Å². The molecule has 9 heteroatoms. The minimum Gasteiger partial charge on any atom is -0.484 e. The third-order valence-corrected chi connectivity index (χ3v) is 6.01. The van der Waals surface area contributed by atoms with E-state index in [2.05, 4.69) is 15.5 Å². The fraction of sp³-hybridized carbons (Fsp3) is 0.348. The second-order valence-corrected chi connectivity index (χ2v) is 8.66. The summed E-state index contributed by atoms with van der Waals surface area (Å²) in [6.07, 6.45) is 3.86. The van der Waals surface area contributed by atoms with Crippen LogP contribution in [0.5, 0.6) is 5.75 Å². The summed E-state index contributed by atoms with van der Waals surface area (Å²) in [5.41, 5.74) is 1.06. The maximum Gasteiger partial charge on any atom is 0.258 e. The molecule has 0 unspecified atom stereocenters. The van der Waals surface area contributed by atoms with Gasteiger partial charge in [0, 0.05) is 23.0 Å².